The van der Waals surface area contributed by atoms with E-state index in [2.05, 4.69) is 65.7 Å². The summed E-state index contributed by atoms with van der Waals surface area (Å²) in [6.45, 7) is 6.72. The van der Waals surface area contributed by atoms with Crippen LogP contribution < -0.4 is 21.0 Å². The molecule has 2 saturated heterocycles. The van der Waals surface area contributed by atoms with Gasteiger partial charge < -0.3 is 30.1 Å². The minimum Gasteiger partial charge on any atom is -0.469 e. The van der Waals surface area contributed by atoms with Crippen molar-refractivity contribution in [2.24, 2.45) is 16.7 Å². The van der Waals surface area contributed by atoms with Crippen LogP contribution in [0.3, 0.4) is 0 Å². The number of aromatic nitrogens is 2. The Hall–Kier alpha value is -6.90. The molecule has 2 aliphatic rings. The number of alkyl halides is 6. The van der Waals surface area contributed by atoms with Crippen LogP contribution in [0.25, 0.3) is 11.3 Å². The molecule has 4 heterocycles. The monoisotopic (exact) mass is 1100 g/mol. The number of nitrogens with one attached hydrogen (secondary N) is 3. The predicted molar refractivity (Wildman–Crippen MR) is 272 cm³/mol. The topological polar surface area (TPSA) is 179 Å². The molecule has 2 aromatic carbocycles. The predicted octanol–water partition coefficient (Wildman–Crippen LogP) is 7.89. The van der Waals surface area contributed by atoms with Gasteiger partial charge in [-0.1, -0.05) is 43.9 Å². The smallest absolute Gasteiger partial charge is 0.407 e. The zero-order valence-electron chi connectivity index (χ0n) is 44.4. The number of carbonyl (C=O) groups is 4. The number of piperazine rings is 1. The number of methoxy groups -OCH3 is 2. The summed E-state index contributed by atoms with van der Waals surface area (Å²) < 4.78 is 129. The highest BCUT2D eigenvalue weighted by Gasteiger charge is 2.57. The van der Waals surface area contributed by atoms with Crippen LogP contribution in [-0.2, 0) is 36.8 Å². The Bertz CT molecular complexity index is 2770. The summed E-state index contributed by atoms with van der Waals surface area (Å²) in [6.07, 6.45) is -9.95. The summed E-state index contributed by atoms with van der Waals surface area (Å²) >= 11 is 0. The van der Waals surface area contributed by atoms with Gasteiger partial charge in [-0.25, -0.2) is 23.6 Å². The molecule has 2 unspecified atom stereocenters. The SMILES string of the molecule is COC(=O)C[C@H](C(=O)NN(Cc1c(F)cc(-c2ccccn2)cc1F)C[C@H](O)[C@H](Cc1ccc(C#Cc2ccc(N3CC4CCC(C3)N4C(C)C)nc2)cc1)NC(=O)[C@@H](NC(=O)OC)C(C)(C)C(F)(F)F)C(C)(C)C(F)(F)F. The van der Waals surface area contributed by atoms with Gasteiger partial charge in [-0.2, -0.15) is 26.3 Å². The first kappa shape index (κ1) is 60.3. The molecule has 0 aliphatic carbocycles. The van der Waals surface area contributed by atoms with Gasteiger partial charge in [0.05, 0.1) is 55.2 Å². The average Bonchev–Trinajstić information content (AvgIpc) is 3.70. The maximum Gasteiger partial charge on any atom is 0.407 e. The van der Waals surface area contributed by atoms with Crippen LogP contribution in [0.4, 0.5) is 45.7 Å². The van der Waals surface area contributed by atoms with Crippen LogP contribution in [0.2, 0.25) is 0 Å². The number of hydrogen-bond donors (Lipinski definition) is 4. The molecule has 3 amide bonds. The normalized spacial score (nSPS) is 17.6. The number of aliphatic hydroxyl groups is 1. The van der Waals surface area contributed by atoms with Crippen molar-refractivity contribution < 1.29 is 68.9 Å². The number of fused-ring (bicyclic) bond motifs is 2. The van der Waals surface area contributed by atoms with Crippen LogP contribution in [0.15, 0.2) is 79.1 Å². The molecule has 0 saturated carbocycles. The van der Waals surface area contributed by atoms with Gasteiger partial charge in [-0.3, -0.25) is 29.7 Å². The Kier molecular flexibility index (Phi) is 19.2. The minimum atomic E-state index is -5.13. The zero-order chi connectivity index (χ0) is 57.5. The molecule has 4 aromatic rings. The Labute approximate surface area is 447 Å². The Morgan fingerprint density at radius 1 is 0.795 bits per heavy atom. The largest absolute Gasteiger partial charge is 0.469 e. The Morgan fingerprint density at radius 2 is 1.40 bits per heavy atom. The first-order chi connectivity index (χ1) is 36.5. The van der Waals surface area contributed by atoms with Gasteiger partial charge in [0.15, 0.2) is 0 Å². The number of anilines is 1. The third-order valence-corrected chi connectivity index (χ3v) is 14.6. The molecular formula is C55H64F8N8O7. The molecule has 15 nitrogen and oxygen atoms in total. The second-order valence-corrected chi connectivity index (χ2v) is 20.9. The number of carbonyl (C=O) groups excluding carboxylic acids is 4. The van der Waals surface area contributed by atoms with E-state index in [4.69, 9.17) is 0 Å². The second kappa shape index (κ2) is 24.8. The van der Waals surface area contributed by atoms with Crippen molar-refractivity contribution in [3.8, 4) is 23.1 Å². The van der Waals surface area contributed by atoms with Crippen molar-refractivity contribution in [2.75, 3.05) is 38.8 Å². The molecule has 2 aromatic heterocycles. The zero-order valence-corrected chi connectivity index (χ0v) is 44.4. The number of nitrogens with zero attached hydrogens (tertiary/aromatic N) is 5. The van der Waals surface area contributed by atoms with E-state index >= 15 is 8.78 Å². The molecule has 0 radical (unpaired) electrons. The van der Waals surface area contributed by atoms with E-state index in [1.54, 1.807) is 30.5 Å². The van der Waals surface area contributed by atoms with Gasteiger partial charge in [0.2, 0.25) is 11.8 Å². The van der Waals surface area contributed by atoms with Crippen molar-refractivity contribution in [1.82, 2.24) is 35.9 Å². The lowest BCUT2D eigenvalue weighted by Gasteiger charge is -2.43. The molecule has 2 aliphatic heterocycles. The lowest BCUT2D eigenvalue weighted by Crippen LogP contribution is -2.62. The molecule has 4 N–H and O–H groups in total. The molecule has 2 fully saturated rings. The highest BCUT2D eigenvalue weighted by molar-refractivity contribution is 5.87. The highest BCUT2D eigenvalue weighted by atomic mass is 19.4. The summed E-state index contributed by atoms with van der Waals surface area (Å²) in [5, 5.41) is 17.0. The maximum absolute atomic E-state index is 16.0. The highest BCUT2D eigenvalue weighted by Crippen LogP contribution is 2.45. The molecule has 422 valence electrons. The third kappa shape index (κ3) is 14.4. The number of rotatable bonds is 19. The second-order valence-electron chi connectivity index (χ2n) is 20.9. The summed E-state index contributed by atoms with van der Waals surface area (Å²) in [5.74, 6) is -1.96. The first-order valence-corrected chi connectivity index (χ1v) is 25.1. The van der Waals surface area contributed by atoms with Crippen LogP contribution >= 0.6 is 0 Å². The number of halogens is 8. The first-order valence-electron chi connectivity index (χ1n) is 25.1. The van der Waals surface area contributed by atoms with Crippen LogP contribution in [0.5, 0.6) is 0 Å². The number of hydrazine groups is 1. The molecule has 2 bridgehead atoms. The molecule has 6 atom stereocenters. The van der Waals surface area contributed by atoms with Gasteiger partial charge in [0.25, 0.3) is 0 Å². The third-order valence-electron chi connectivity index (χ3n) is 14.6. The van der Waals surface area contributed by atoms with Gasteiger partial charge in [0.1, 0.15) is 23.5 Å². The molecule has 6 rings (SSSR count). The summed E-state index contributed by atoms with van der Waals surface area (Å²) in [7, 11) is 1.73. The minimum absolute atomic E-state index is 0.0181. The van der Waals surface area contributed by atoms with Crippen LogP contribution in [0.1, 0.15) is 83.1 Å². The lowest BCUT2D eigenvalue weighted by atomic mass is 9.75. The number of aliphatic hydroxyl groups excluding tert-OH is 1. The molecule has 0 spiro atoms. The van der Waals surface area contributed by atoms with Gasteiger partial charge in [-0.05, 0) is 101 Å². The van der Waals surface area contributed by atoms with Crippen molar-refractivity contribution >= 4 is 29.7 Å². The van der Waals surface area contributed by atoms with E-state index in [1.807, 2.05) is 17.4 Å². The van der Waals surface area contributed by atoms with E-state index in [9.17, 15) is 50.6 Å². The lowest BCUT2D eigenvalue weighted by molar-refractivity contribution is -0.231. The number of ether oxygens (including phenoxy) is 2. The average molecular weight is 1100 g/mol. The fourth-order valence-electron chi connectivity index (χ4n) is 9.68. The van der Waals surface area contributed by atoms with E-state index in [0.29, 0.717) is 67.5 Å². The number of pyridine rings is 2. The van der Waals surface area contributed by atoms with Crippen LogP contribution in [0, 0.1) is 40.2 Å². The summed E-state index contributed by atoms with van der Waals surface area (Å²) in [4.78, 5) is 66.7. The van der Waals surface area contributed by atoms with Crippen LogP contribution in [-0.4, -0.2) is 131 Å². The maximum atomic E-state index is 16.0. The molecule has 78 heavy (non-hydrogen) atoms. The van der Waals surface area contributed by atoms with Crippen molar-refractivity contribution in [3.63, 3.8) is 0 Å². The quantitative estimate of drug-likeness (QED) is 0.0310. The number of hydrogen-bond acceptors (Lipinski definition) is 12. The van der Waals surface area contributed by atoms with E-state index in [-0.39, 0.29) is 11.3 Å². The number of alkyl carbamates (subject to hydrolysis) is 1. The Balaban J connectivity index is 1.32. The van der Waals surface area contributed by atoms with Crippen molar-refractivity contribution in [1.29, 1.82) is 0 Å². The fraction of sp³-hybridized carbons (Fsp3) is 0.491. The van der Waals surface area contributed by atoms with Gasteiger partial charge in [-0.15, -0.1) is 0 Å². The van der Waals surface area contributed by atoms with E-state index in [1.165, 1.54) is 24.4 Å². The van der Waals surface area contributed by atoms with E-state index in [0.717, 1.165) is 58.1 Å². The summed E-state index contributed by atoms with van der Waals surface area (Å²) in [6, 6.07) is 13.7. The van der Waals surface area contributed by atoms with Crippen molar-refractivity contribution in [3.05, 3.63) is 113 Å². The van der Waals surface area contributed by atoms with E-state index < -0.39 is 114 Å². The van der Waals surface area contributed by atoms with Gasteiger partial charge in [0, 0.05) is 79.0 Å². The van der Waals surface area contributed by atoms with Crippen molar-refractivity contribution in [2.45, 2.75) is 122 Å². The number of esters is 1. The molecular weight excluding hydrogens is 1040 g/mol. The molecule has 23 heteroatoms. The number of amides is 3. The summed E-state index contributed by atoms with van der Waals surface area (Å²) in [5.41, 5.74) is -2.95. The number of benzene rings is 2. The fourth-order valence-corrected chi connectivity index (χ4v) is 9.68. The Morgan fingerprint density at radius 3 is 1.92 bits per heavy atom. The standard InChI is InChI=1S/C55H64F8N8O7/c1-32(2)71-37-19-20-38(71)29-69(28-37)46-21-18-35(27-65-46)17-14-33-12-15-34(16-13-33)23-44(66-50(75)48(67-51(76)78-8)53(5,6)55(61,62)63)45(72)31-70(68-49(74)40(26-47(73)77-7)52(3,4)54(58,59)60)30-39-41(56)24-36(25-42(39)57)43-11-9-10-22-64-43/h9-13,15-16,18,21-22,24-25,27,32,37-38,40,44-45,48,72H,19-20,23,26,28-31H2,1-8H3,(H,66,75)(H,67,76)(H,68,74)/t37?,38?,40-,44+,45+,48-/m1/s1. The van der Waals surface area contributed by atoms with Gasteiger partial charge >= 0.3 is 24.4 Å².